The summed E-state index contributed by atoms with van der Waals surface area (Å²) in [7, 11) is 1.46. The van der Waals surface area contributed by atoms with Crippen molar-refractivity contribution in [3.63, 3.8) is 0 Å². The second-order valence-corrected chi connectivity index (χ2v) is 12.8. The number of fused-ring (bicyclic) bond motifs is 5. The summed E-state index contributed by atoms with van der Waals surface area (Å²) in [4.78, 5) is 47.3. The first-order valence-corrected chi connectivity index (χ1v) is 15.1. The molecule has 1 aromatic carbocycles. The van der Waals surface area contributed by atoms with Gasteiger partial charge < -0.3 is 29.8 Å². The van der Waals surface area contributed by atoms with Gasteiger partial charge in [-0.15, -0.1) is 0 Å². The molecule has 4 heterocycles. The van der Waals surface area contributed by atoms with Gasteiger partial charge in [0.05, 0.1) is 29.3 Å². The predicted octanol–water partition coefficient (Wildman–Crippen LogP) is 5.10. The number of nitrogens with zero attached hydrogens (tertiary/aromatic N) is 5. The molecule has 45 heavy (non-hydrogen) atoms. The van der Waals surface area contributed by atoms with E-state index >= 15 is 4.39 Å². The Bertz CT molecular complexity index is 1780. The lowest BCUT2D eigenvalue weighted by atomic mass is 9.90. The van der Waals surface area contributed by atoms with E-state index in [1.165, 1.54) is 36.5 Å². The van der Waals surface area contributed by atoms with Crippen LogP contribution >= 0.6 is 11.6 Å². The van der Waals surface area contributed by atoms with E-state index in [0.29, 0.717) is 58.6 Å². The van der Waals surface area contributed by atoms with Crippen molar-refractivity contribution in [3.05, 3.63) is 41.9 Å². The van der Waals surface area contributed by atoms with Crippen molar-refractivity contribution in [2.24, 2.45) is 5.92 Å². The van der Waals surface area contributed by atoms with Gasteiger partial charge in [0.1, 0.15) is 22.9 Å². The van der Waals surface area contributed by atoms with Crippen LogP contribution in [0.25, 0.3) is 21.9 Å². The van der Waals surface area contributed by atoms with E-state index in [4.69, 9.17) is 30.8 Å². The zero-order valence-electron chi connectivity index (χ0n) is 25.5. The molecule has 0 spiro atoms. The van der Waals surface area contributed by atoms with Gasteiger partial charge in [0, 0.05) is 42.4 Å². The molecule has 4 aromatic rings. The van der Waals surface area contributed by atoms with Gasteiger partial charge in [-0.05, 0) is 58.6 Å². The molecule has 2 amide bonds. The lowest BCUT2D eigenvalue weighted by Gasteiger charge is -2.32. The number of hydrogen-bond donors (Lipinski definition) is 3. The number of benzene rings is 1. The number of aromatic nitrogens is 5. The van der Waals surface area contributed by atoms with E-state index in [0.717, 1.165) is 6.42 Å². The van der Waals surface area contributed by atoms with Gasteiger partial charge in [-0.25, -0.2) is 23.9 Å². The third kappa shape index (κ3) is 6.29. The highest BCUT2D eigenvalue weighted by molar-refractivity contribution is 6.18. The smallest absolute Gasteiger partial charge is 0.415 e. The SMILES string of the molecule is Cc1ncc(Oc2nc(CC34CC(CN3)C(NC(=O)OC(C)(C)C)C4)c3c(n2)[nH]c2c(N(C)C(=O)OCCl)cc(F)cc23)cn1. The van der Waals surface area contributed by atoms with Gasteiger partial charge in [-0.3, -0.25) is 4.90 Å². The van der Waals surface area contributed by atoms with E-state index in [-0.39, 0.29) is 29.7 Å². The Hall–Kier alpha value is -4.30. The van der Waals surface area contributed by atoms with Gasteiger partial charge in [0.2, 0.25) is 0 Å². The number of halogens is 2. The van der Waals surface area contributed by atoms with Crippen LogP contribution in [0.3, 0.4) is 0 Å². The number of carbonyl (C=O) groups excluding carboxylic acids is 2. The fourth-order valence-electron chi connectivity index (χ4n) is 6.29. The van der Waals surface area contributed by atoms with E-state index in [2.05, 4.69) is 30.6 Å². The highest BCUT2D eigenvalue weighted by Crippen LogP contribution is 2.44. The molecule has 3 unspecified atom stereocenters. The quantitative estimate of drug-likeness (QED) is 0.232. The molecule has 2 bridgehead atoms. The normalized spacial score (nSPS) is 20.9. The monoisotopic (exact) mass is 640 g/mol. The van der Waals surface area contributed by atoms with Crippen molar-refractivity contribution < 1.29 is 28.2 Å². The van der Waals surface area contributed by atoms with Crippen LogP contribution in [0, 0.1) is 18.7 Å². The molecular weight excluding hydrogens is 607 g/mol. The number of piperidine rings is 1. The van der Waals surface area contributed by atoms with Crippen LogP contribution in [0.1, 0.15) is 45.1 Å². The summed E-state index contributed by atoms with van der Waals surface area (Å²) < 4.78 is 31.5. The molecule has 3 aromatic heterocycles. The Morgan fingerprint density at radius 1 is 1.20 bits per heavy atom. The fraction of sp³-hybridized carbons (Fsp3) is 0.467. The standard InChI is InChI=1S/C30H34ClFN8O5/c1-15-33-12-18(13-34-15)44-26-36-21(10-30-8-16(11-35-30)20(9-30)37-27(41)45-29(2,3)4)23-19-6-17(32)7-22(24(19)38-25(23)39-26)40(5)28(42)43-14-31/h6-7,12-13,16,20,35H,8-11,14H2,1-5H3,(H,37,41)(H,36,38,39). The number of H-pyrrole nitrogens is 1. The molecule has 1 aliphatic heterocycles. The molecule has 13 nitrogen and oxygen atoms in total. The Labute approximate surface area is 263 Å². The third-order valence-corrected chi connectivity index (χ3v) is 8.23. The lowest BCUT2D eigenvalue weighted by Crippen LogP contribution is -2.51. The van der Waals surface area contributed by atoms with Crippen LogP contribution in [0.4, 0.5) is 19.7 Å². The third-order valence-electron chi connectivity index (χ3n) is 8.12. The Morgan fingerprint density at radius 3 is 2.67 bits per heavy atom. The van der Waals surface area contributed by atoms with Crippen LogP contribution in [0.2, 0.25) is 0 Å². The minimum absolute atomic E-state index is 0.0424. The van der Waals surface area contributed by atoms with Gasteiger partial charge in [-0.1, -0.05) is 11.6 Å². The predicted molar refractivity (Wildman–Crippen MR) is 164 cm³/mol. The van der Waals surface area contributed by atoms with Crippen molar-refractivity contribution in [3.8, 4) is 11.8 Å². The molecule has 3 atom stereocenters. The van der Waals surface area contributed by atoms with Crippen LogP contribution < -0.4 is 20.3 Å². The van der Waals surface area contributed by atoms with Crippen molar-refractivity contribution >= 4 is 51.4 Å². The Morgan fingerprint density at radius 2 is 1.96 bits per heavy atom. The van der Waals surface area contributed by atoms with Crippen LogP contribution in [0.5, 0.6) is 11.8 Å². The highest BCUT2D eigenvalue weighted by Gasteiger charge is 2.51. The first kappa shape index (κ1) is 30.7. The van der Waals surface area contributed by atoms with Gasteiger partial charge in [-0.2, -0.15) is 9.97 Å². The van der Waals surface area contributed by atoms with Crippen molar-refractivity contribution in [2.45, 2.75) is 64.1 Å². The molecule has 1 saturated carbocycles. The number of carbonyl (C=O) groups is 2. The molecule has 3 N–H and O–H groups in total. The summed E-state index contributed by atoms with van der Waals surface area (Å²) in [5.74, 6) is 0.561. The minimum atomic E-state index is -0.750. The summed E-state index contributed by atoms with van der Waals surface area (Å²) in [5, 5.41) is 7.76. The topological polar surface area (TPSA) is 156 Å². The number of aryl methyl sites for hydroxylation is 1. The Balaban J connectivity index is 1.41. The lowest BCUT2D eigenvalue weighted by molar-refractivity contribution is 0.0486. The molecule has 2 fully saturated rings. The fourth-order valence-corrected chi connectivity index (χ4v) is 6.39. The first-order valence-electron chi connectivity index (χ1n) is 14.5. The van der Waals surface area contributed by atoms with Gasteiger partial charge >= 0.3 is 18.2 Å². The number of alkyl halides is 1. The summed E-state index contributed by atoms with van der Waals surface area (Å²) in [6.07, 6.45) is 3.70. The number of rotatable bonds is 7. The molecule has 1 saturated heterocycles. The molecule has 15 heteroatoms. The number of anilines is 1. The second kappa shape index (κ2) is 11.6. The average molecular weight is 641 g/mol. The van der Waals surface area contributed by atoms with Gasteiger partial charge in [0.25, 0.3) is 0 Å². The van der Waals surface area contributed by atoms with Gasteiger partial charge in [0.15, 0.2) is 11.8 Å². The minimum Gasteiger partial charge on any atom is -0.444 e. The maximum absolute atomic E-state index is 15.1. The largest absolute Gasteiger partial charge is 0.444 e. The van der Waals surface area contributed by atoms with E-state index < -0.39 is 29.1 Å². The van der Waals surface area contributed by atoms with Crippen LogP contribution in [0.15, 0.2) is 24.5 Å². The maximum Gasteiger partial charge on any atom is 0.415 e. The second-order valence-electron chi connectivity index (χ2n) is 12.6. The number of hydrogen-bond acceptors (Lipinski definition) is 10. The van der Waals surface area contributed by atoms with Crippen LogP contribution in [-0.2, 0) is 15.9 Å². The molecule has 1 aliphatic carbocycles. The molecule has 0 radical (unpaired) electrons. The summed E-state index contributed by atoms with van der Waals surface area (Å²) in [6, 6.07) is 2.21. The number of ether oxygens (including phenoxy) is 3. The van der Waals surface area contributed by atoms with Crippen molar-refractivity contribution in [1.82, 2.24) is 35.6 Å². The summed E-state index contributed by atoms with van der Waals surface area (Å²) in [6.45, 7) is 7.95. The highest BCUT2D eigenvalue weighted by atomic mass is 35.5. The van der Waals surface area contributed by atoms with E-state index in [1.54, 1.807) is 6.92 Å². The van der Waals surface area contributed by atoms with Crippen LogP contribution in [-0.4, -0.2) is 73.9 Å². The average Bonchev–Trinajstić information content (AvgIpc) is 3.63. The number of nitrogens with one attached hydrogen (secondary N) is 3. The zero-order chi connectivity index (χ0) is 32.1. The number of amides is 2. The Kier molecular flexibility index (Phi) is 7.89. The molecule has 238 valence electrons. The first-order chi connectivity index (χ1) is 21.3. The van der Waals surface area contributed by atoms with Crippen molar-refractivity contribution in [1.29, 1.82) is 0 Å². The molecule has 6 rings (SSSR count). The molecule has 2 aliphatic rings. The summed E-state index contributed by atoms with van der Waals surface area (Å²) >= 11 is 5.60. The summed E-state index contributed by atoms with van der Waals surface area (Å²) in [5.41, 5.74) is 0.660. The van der Waals surface area contributed by atoms with E-state index in [1.807, 2.05) is 20.8 Å². The number of aromatic amines is 1. The van der Waals surface area contributed by atoms with E-state index in [9.17, 15) is 9.59 Å². The zero-order valence-corrected chi connectivity index (χ0v) is 26.3. The maximum atomic E-state index is 15.1. The number of alkyl carbamates (subject to hydrolysis) is 1. The molecular formula is C30H34ClFN8O5. The van der Waals surface area contributed by atoms with Crippen molar-refractivity contribution in [2.75, 3.05) is 24.6 Å².